The van der Waals surface area contributed by atoms with Gasteiger partial charge in [-0.3, -0.25) is 9.59 Å². The molecule has 184 valence electrons. The molecule has 0 N–H and O–H groups in total. The second-order valence-corrected chi connectivity index (χ2v) is 10.9. The molecule has 0 bridgehead atoms. The summed E-state index contributed by atoms with van der Waals surface area (Å²) in [4.78, 5) is 29.2. The number of hydrogen-bond donors (Lipinski definition) is 0. The highest BCUT2D eigenvalue weighted by Crippen LogP contribution is 2.28. The molecule has 2 aromatic carbocycles. The van der Waals surface area contributed by atoms with E-state index in [-0.39, 0.29) is 16.6 Å². The number of piperidine rings is 1. The summed E-state index contributed by atoms with van der Waals surface area (Å²) in [5.41, 5.74) is 2.07. The van der Waals surface area contributed by atoms with Crippen molar-refractivity contribution in [1.82, 2.24) is 9.21 Å². The maximum Gasteiger partial charge on any atom is 0.243 e. The predicted octanol–water partition coefficient (Wildman–Crippen LogP) is 3.04. The van der Waals surface area contributed by atoms with Crippen LogP contribution in [0.3, 0.4) is 0 Å². The summed E-state index contributed by atoms with van der Waals surface area (Å²) in [6.45, 7) is 4.25. The first-order chi connectivity index (χ1) is 16.8. The van der Waals surface area contributed by atoms with Crippen LogP contribution in [0, 0.1) is 11.3 Å². The zero-order valence-corrected chi connectivity index (χ0v) is 20.7. The third-order valence-corrected chi connectivity index (χ3v) is 8.70. The van der Waals surface area contributed by atoms with E-state index in [0.29, 0.717) is 50.1 Å². The Bertz CT molecular complexity index is 1220. The minimum atomic E-state index is -3.87. The van der Waals surface area contributed by atoms with Crippen molar-refractivity contribution in [2.45, 2.75) is 43.5 Å². The SMILES string of the molecule is CC(=O)c1ccc(S(=O)(=O)N2CCCCC2C(=O)N2CCCN(c3ccc(C#N)cc3)CC2)cc1. The van der Waals surface area contributed by atoms with Gasteiger partial charge in [0.2, 0.25) is 15.9 Å². The van der Waals surface area contributed by atoms with Gasteiger partial charge in [-0.15, -0.1) is 0 Å². The molecular formula is C26H30N4O4S. The number of sulfonamides is 1. The normalized spacial score (nSPS) is 19.6. The second kappa shape index (κ2) is 10.6. The van der Waals surface area contributed by atoms with Crippen LogP contribution in [0.5, 0.6) is 0 Å². The predicted molar refractivity (Wildman–Crippen MR) is 133 cm³/mol. The number of amides is 1. The fourth-order valence-corrected chi connectivity index (χ4v) is 6.44. The Kier molecular flexibility index (Phi) is 7.53. The van der Waals surface area contributed by atoms with Gasteiger partial charge in [0, 0.05) is 44.0 Å². The molecule has 2 aliphatic rings. The smallest absolute Gasteiger partial charge is 0.243 e. The maximum atomic E-state index is 13.6. The van der Waals surface area contributed by atoms with Gasteiger partial charge in [0.1, 0.15) is 6.04 Å². The summed E-state index contributed by atoms with van der Waals surface area (Å²) < 4.78 is 28.3. The molecule has 0 spiro atoms. The highest BCUT2D eigenvalue weighted by atomic mass is 32.2. The number of Topliss-reactive ketones (excluding diaryl/α,β-unsaturated/α-hetero) is 1. The lowest BCUT2D eigenvalue weighted by atomic mass is 10.0. The lowest BCUT2D eigenvalue weighted by Gasteiger charge is -2.36. The van der Waals surface area contributed by atoms with Crippen molar-refractivity contribution >= 4 is 27.4 Å². The molecule has 1 atom stereocenters. The summed E-state index contributed by atoms with van der Waals surface area (Å²) in [5, 5.41) is 9.02. The Labute approximate surface area is 206 Å². The summed E-state index contributed by atoms with van der Waals surface area (Å²) in [6, 6.07) is 14.7. The van der Waals surface area contributed by atoms with Crippen molar-refractivity contribution in [3.8, 4) is 6.07 Å². The minimum Gasteiger partial charge on any atom is -0.370 e. The average Bonchev–Trinajstić information content (AvgIpc) is 3.15. The van der Waals surface area contributed by atoms with E-state index in [1.165, 1.54) is 35.5 Å². The van der Waals surface area contributed by atoms with E-state index >= 15 is 0 Å². The summed E-state index contributed by atoms with van der Waals surface area (Å²) >= 11 is 0. The molecule has 9 heteroatoms. The van der Waals surface area contributed by atoms with Crippen LogP contribution in [0.2, 0.25) is 0 Å². The van der Waals surface area contributed by atoms with Gasteiger partial charge in [0.25, 0.3) is 0 Å². The van der Waals surface area contributed by atoms with E-state index in [0.717, 1.165) is 25.1 Å². The largest absolute Gasteiger partial charge is 0.370 e. The monoisotopic (exact) mass is 494 g/mol. The van der Waals surface area contributed by atoms with Crippen molar-refractivity contribution in [1.29, 1.82) is 5.26 Å². The fourth-order valence-electron chi connectivity index (χ4n) is 4.79. The Hall–Kier alpha value is -3.22. The van der Waals surface area contributed by atoms with Gasteiger partial charge in [-0.1, -0.05) is 18.6 Å². The first-order valence-corrected chi connectivity index (χ1v) is 13.4. The van der Waals surface area contributed by atoms with Crippen LogP contribution < -0.4 is 4.90 Å². The molecule has 1 unspecified atom stereocenters. The van der Waals surface area contributed by atoms with Crippen molar-refractivity contribution in [2.75, 3.05) is 37.6 Å². The van der Waals surface area contributed by atoms with Crippen LogP contribution in [0.15, 0.2) is 53.4 Å². The highest BCUT2D eigenvalue weighted by Gasteiger charge is 2.39. The number of nitrogens with zero attached hydrogens (tertiary/aromatic N) is 4. The topological polar surface area (TPSA) is 102 Å². The minimum absolute atomic E-state index is 0.102. The molecule has 0 saturated carbocycles. The van der Waals surface area contributed by atoms with Crippen molar-refractivity contribution < 1.29 is 18.0 Å². The molecule has 2 fully saturated rings. The Morgan fingerprint density at radius 1 is 0.886 bits per heavy atom. The first kappa shape index (κ1) is 24.9. The zero-order chi connectivity index (χ0) is 25.0. The lowest BCUT2D eigenvalue weighted by Crippen LogP contribution is -2.53. The maximum absolute atomic E-state index is 13.6. The van der Waals surface area contributed by atoms with Gasteiger partial charge in [-0.25, -0.2) is 8.42 Å². The third-order valence-electron chi connectivity index (χ3n) is 6.78. The van der Waals surface area contributed by atoms with Gasteiger partial charge < -0.3 is 9.80 Å². The molecule has 2 heterocycles. The van der Waals surface area contributed by atoms with E-state index < -0.39 is 16.1 Å². The number of rotatable bonds is 5. The van der Waals surface area contributed by atoms with Gasteiger partial charge >= 0.3 is 0 Å². The Balaban J connectivity index is 1.49. The van der Waals surface area contributed by atoms with Crippen LogP contribution in [-0.4, -0.2) is 68.1 Å². The van der Waals surface area contributed by atoms with Gasteiger partial charge in [0.15, 0.2) is 5.78 Å². The van der Waals surface area contributed by atoms with Crippen molar-refractivity contribution in [3.63, 3.8) is 0 Å². The van der Waals surface area contributed by atoms with E-state index in [1.54, 1.807) is 17.0 Å². The molecule has 2 aromatic rings. The zero-order valence-electron chi connectivity index (χ0n) is 19.9. The van der Waals surface area contributed by atoms with Gasteiger partial charge in [-0.05, 0) is 62.6 Å². The molecule has 0 aromatic heterocycles. The molecule has 2 saturated heterocycles. The average molecular weight is 495 g/mol. The van der Waals surface area contributed by atoms with E-state index in [2.05, 4.69) is 11.0 Å². The molecule has 0 radical (unpaired) electrons. The summed E-state index contributed by atoms with van der Waals surface area (Å²) in [6.07, 6.45) is 2.79. The van der Waals surface area contributed by atoms with Crippen LogP contribution in [0.1, 0.15) is 48.5 Å². The number of hydrogen-bond acceptors (Lipinski definition) is 6. The van der Waals surface area contributed by atoms with Crippen molar-refractivity contribution in [2.24, 2.45) is 0 Å². The number of carbonyl (C=O) groups is 2. The Morgan fingerprint density at radius 2 is 1.60 bits per heavy atom. The van der Waals surface area contributed by atoms with Crippen LogP contribution in [-0.2, 0) is 14.8 Å². The number of nitriles is 1. The number of anilines is 1. The quantitative estimate of drug-likeness (QED) is 0.592. The molecule has 2 aliphatic heterocycles. The molecule has 35 heavy (non-hydrogen) atoms. The standard InChI is InChI=1S/C26H30N4O4S/c1-20(31)22-8-12-24(13-9-22)35(33,34)30-16-3-2-5-25(30)26(32)29-15-4-14-28(17-18-29)23-10-6-21(19-27)7-11-23/h6-13,25H,2-5,14-18H2,1H3. The van der Waals surface area contributed by atoms with Crippen LogP contribution >= 0.6 is 0 Å². The summed E-state index contributed by atoms with van der Waals surface area (Å²) in [5.74, 6) is -0.272. The lowest BCUT2D eigenvalue weighted by molar-refractivity contribution is -0.136. The molecule has 1 amide bonds. The van der Waals surface area contributed by atoms with Gasteiger partial charge in [-0.2, -0.15) is 9.57 Å². The van der Waals surface area contributed by atoms with Crippen LogP contribution in [0.25, 0.3) is 0 Å². The molecule has 0 aliphatic carbocycles. The van der Waals surface area contributed by atoms with E-state index in [1.807, 2.05) is 12.1 Å². The summed E-state index contributed by atoms with van der Waals surface area (Å²) in [7, 11) is -3.87. The first-order valence-electron chi connectivity index (χ1n) is 12.0. The molecule has 4 rings (SSSR count). The van der Waals surface area contributed by atoms with Crippen LogP contribution in [0.4, 0.5) is 5.69 Å². The Morgan fingerprint density at radius 3 is 2.26 bits per heavy atom. The second-order valence-electron chi connectivity index (χ2n) is 9.03. The van der Waals surface area contributed by atoms with E-state index in [4.69, 9.17) is 5.26 Å². The number of carbonyl (C=O) groups excluding carboxylic acids is 2. The highest BCUT2D eigenvalue weighted by molar-refractivity contribution is 7.89. The van der Waals surface area contributed by atoms with E-state index in [9.17, 15) is 18.0 Å². The van der Waals surface area contributed by atoms with Gasteiger partial charge in [0.05, 0.1) is 16.5 Å². The number of benzene rings is 2. The third kappa shape index (κ3) is 5.39. The molecule has 8 nitrogen and oxygen atoms in total. The van der Waals surface area contributed by atoms with Crippen molar-refractivity contribution in [3.05, 3.63) is 59.7 Å². The fraction of sp³-hybridized carbons (Fsp3) is 0.423. The molecular weight excluding hydrogens is 464 g/mol. The number of ketones is 1.